The number of carboxylic acid groups (broad SMARTS) is 1. The van der Waals surface area contributed by atoms with Crippen LogP contribution in [0.2, 0.25) is 0 Å². The molecule has 12 heavy (non-hydrogen) atoms. The predicted octanol–water partition coefficient (Wildman–Crippen LogP) is 2.49. The van der Waals surface area contributed by atoms with Gasteiger partial charge < -0.3 is 5.11 Å². The molecule has 1 aliphatic rings. The highest BCUT2D eigenvalue weighted by Gasteiger charge is 2.60. The molecule has 1 saturated carbocycles. The Bertz CT molecular complexity index is 239. The van der Waals surface area contributed by atoms with E-state index in [1.54, 1.807) is 6.92 Å². The van der Waals surface area contributed by atoms with Gasteiger partial charge in [0.2, 0.25) is 0 Å². The second kappa shape index (κ2) is 2.77. The summed E-state index contributed by atoms with van der Waals surface area (Å²) in [6.45, 7) is 5.68. The van der Waals surface area contributed by atoms with Gasteiger partial charge in [-0.3, -0.25) is 4.79 Å². The molecule has 0 radical (unpaired) electrons. The predicted molar refractivity (Wildman–Crippen MR) is 48.0 cm³/mol. The zero-order valence-electron chi connectivity index (χ0n) is 7.47. The second-order valence-corrected chi connectivity index (χ2v) is 4.51. The number of aliphatic carboxylic acids is 1. The average Bonchev–Trinajstić information content (AvgIpc) is 2.32. The Kier molecular flexibility index (Phi) is 2.21. The van der Waals surface area contributed by atoms with Gasteiger partial charge in [0.15, 0.2) is 0 Å². The Labute approximate surface area is 77.2 Å². The molecule has 0 aromatic heterocycles. The number of allylic oxidation sites excluding steroid dienone is 2. The minimum absolute atomic E-state index is 0.104. The van der Waals surface area contributed by atoms with E-state index in [2.05, 4.69) is 0 Å². The van der Waals surface area contributed by atoms with Gasteiger partial charge in [-0.15, -0.1) is 0 Å². The number of hydrogen-bond donors (Lipinski definition) is 1. The normalized spacial score (nSPS) is 33.2. The van der Waals surface area contributed by atoms with Gasteiger partial charge in [0.1, 0.15) is 0 Å². The Morgan fingerprint density at radius 2 is 2.08 bits per heavy atom. The molecular weight excluding hydrogens is 176 g/mol. The van der Waals surface area contributed by atoms with Crippen molar-refractivity contribution in [2.75, 3.05) is 0 Å². The lowest BCUT2D eigenvalue weighted by Crippen LogP contribution is -2.02. The molecule has 2 atom stereocenters. The average molecular weight is 189 g/mol. The first-order valence-corrected chi connectivity index (χ1v) is 4.32. The fraction of sp³-hybridized carbons (Fsp3) is 0.667. The van der Waals surface area contributed by atoms with Crippen LogP contribution in [-0.4, -0.2) is 11.1 Å². The highest BCUT2D eigenvalue weighted by atomic mass is 35.5. The third kappa shape index (κ3) is 1.48. The third-order valence-corrected chi connectivity index (χ3v) is 2.71. The molecule has 1 aliphatic carbocycles. The molecular formula is C9H13ClO2. The molecule has 2 nitrogen and oxygen atoms in total. The molecule has 0 aromatic carbocycles. The van der Waals surface area contributed by atoms with Crippen molar-refractivity contribution >= 4 is 17.6 Å². The van der Waals surface area contributed by atoms with Crippen molar-refractivity contribution in [1.29, 1.82) is 0 Å². The zero-order valence-corrected chi connectivity index (χ0v) is 8.22. The van der Waals surface area contributed by atoms with Crippen molar-refractivity contribution < 1.29 is 9.90 Å². The summed E-state index contributed by atoms with van der Waals surface area (Å²) in [4.78, 5) is 10.7. The maximum Gasteiger partial charge on any atom is 0.307 e. The summed E-state index contributed by atoms with van der Waals surface area (Å²) >= 11 is 5.68. The number of carboxylic acids is 1. The minimum atomic E-state index is -0.723. The van der Waals surface area contributed by atoms with Crippen LogP contribution in [0.15, 0.2) is 11.1 Å². The summed E-state index contributed by atoms with van der Waals surface area (Å²) in [6, 6.07) is 0. The van der Waals surface area contributed by atoms with Crippen LogP contribution in [0.4, 0.5) is 0 Å². The Balaban J connectivity index is 2.73. The van der Waals surface area contributed by atoms with Crippen molar-refractivity contribution in [2.45, 2.75) is 20.8 Å². The van der Waals surface area contributed by atoms with E-state index in [1.165, 1.54) is 0 Å². The minimum Gasteiger partial charge on any atom is -0.481 e. The van der Waals surface area contributed by atoms with Gasteiger partial charge in [0.25, 0.3) is 0 Å². The number of halogens is 1. The fourth-order valence-corrected chi connectivity index (χ4v) is 1.84. The summed E-state index contributed by atoms with van der Waals surface area (Å²) in [7, 11) is 0. The molecule has 1 rings (SSSR count). The van der Waals surface area contributed by atoms with Crippen LogP contribution in [0.25, 0.3) is 0 Å². The van der Waals surface area contributed by atoms with Crippen LogP contribution in [0.3, 0.4) is 0 Å². The first-order valence-electron chi connectivity index (χ1n) is 3.94. The van der Waals surface area contributed by atoms with Crippen molar-refractivity contribution in [3.8, 4) is 0 Å². The van der Waals surface area contributed by atoms with E-state index in [1.807, 2.05) is 19.9 Å². The number of rotatable bonds is 2. The molecule has 68 valence electrons. The molecule has 1 N–H and O–H groups in total. The third-order valence-electron chi connectivity index (χ3n) is 2.59. The first kappa shape index (κ1) is 9.59. The van der Waals surface area contributed by atoms with E-state index in [0.717, 1.165) is 0 Å². The van der Waals surface area contributed by atoms with Gasteiger partial charge in [0, 0.05) is 5.03 Å². The largest absolute Gasteiger partial charge is 0.481 e. The maximum atomic E-state index is 10.7. The fourth-order valence-electron chi connectivity index (χ4n) is 1.71. The zero-order chi connectivity index (χ0) is 9.52. The van der Waals surface area contributed by atoms with Crippen molar-refractivity contribution in [3.63, 3.8) is 0 Å². The summed E-state index contributed by atoms with van der Waals surface area (Å²) in [5.74, 6) is -0.877. The van der Waals surface area contributed by atoms with Crippen LogP contribution in [-0.2, 0) is 4.79 Å². The van der Waals surface area contributed by atoms with Gasteiger partial charge >= 0.3 is 5.97 Å². The molecule has 3 heteroatoms. The van der Waals surface area contributed by atoms with Crippen molar-refractivity contribution in [3.05, 3.63) is 11.1 Å². The van der Waals surface area contributed by atoms with Crippen LogP contribution in [0.5, 0.6) is 0 Å². The van der Waals surface area contributed by atoms with Crippen LogP contribution >= 0.6 is 11.6 Å². The van der Waals surface area contributed by atoms with Crippen LogP contribution in [0.1, 0.15) is 20.8 Å². The summed E-state index contributed by atoms with van der Waals surface area (Å²) in [5, 5.41) is 9.48. The first-order chi connectivity index (χ1) is 5.37. The van der Waals surface area contributed by atoms with Gasteiger partial charge in [-0.05, 0) is 18.3 Å². The Morgan fingerprint density at radius 1 is 1.58 bits per heavy atom. The molecule has 0 bridgehead atoms. The van der Waals surface area contributed by atoms with Gasteiger partial charge in [-0.1, -0.05) is 31.5 Å². The van der Waals surface area contributed by atoms with Crippen LogP contribution in [0, 0.1) is 17.3 Å². The quantitative estimate of drug-likeness (QED) is 0.723. The van der Waals surface area contributed by atoms with E-state index in [9.17, 15) is 4.79 Å². The van der Waals surface area contributed by atoms with E-state index >= 15 is 0 Å². The van der Waals surface area contributed by atoms with Gasteiger partial charge in [0.05, 0.1) is 5.92 Å². The van der Waals surface area contributed by atoms with E-state index in [0.29, 0.717) is 5.03 Å². The van der Waals surface area contributed by atoms with Gasteiger partial charge in [-0.2, -0.15) is 0 Å². The topological polar surface area (TPSA) is 37.3 Å². The van der Waals surface area contributed by atoms with Gasteiger partial charge in [-0.25, -0.2) is 0 Å². The summed E-state index contributed by atoms with van der Waals surface area (Å²) in [5.41, 5.74) is -0.123. The van der Waals surface area contributed by atoms with E-state index in [4.69, 9.17) is 16.7 Å². The molecule has 0 spiro atoms. The van der Waals surface area contributed by atoms with Crippen molar-refractivity contribution in [2.24, 2.45) is 17.3 Å². The van der Waals surface area contributed by atoms with Crippen molar-refractivity contribution in [1.82, 2.24) is 0 Å². The SMILES string of the molecule is C/C(Cl)=C/C1[C@@H](C(=O)O)C1(C)C. The number of hydrogen-bond acceptors (Lipinski definition) is 1. The highest BCUT2D eigenvalue weighted by Crippen LogP contribution is 2.59. The standard InChI is InChI=1S/C9H13ClO2/c1-5(10)4-6-7(8(11)12)9(6,2)3/h4,6-7H,1-3H3,(H,11,12)/b5-4-/t6?,7-/m0/s1. The molecule has 1 fully saturated rings. The maximum absolute atomic E-state index is 10.7. The molecule has 0 aliphatic heterocycles. The molecule has 0 aromatic rings. The highest BCUT2D eigenvalue weighted by molar-refractivity contribution is 6.29. The Hall–Kier alpha value is -0.500. The second-order valence-electron chi connectivity index (χ2n) is 3.92. The monoisotopic (exact) mass is 188 g/mol. The summed E-state index contributed by atoms with van der Waals surface area (Å²) in [6.07, 6.45) is 1.83. The molecule has 0 amide bonds. The number of carbonyl (C=O) groups is 1. The molecule has 0 heterocycles. The smallest absolute Gasteiger partial charge is 0.307 e. The Morgan fingerprint density at radius 3 is 2.33 bits per heavy atom. The molecule has 0 saturated heterocycles. The lowest BCUT2D eigenvalue weighted by Gasteiger charge is -1.96. The van der Waals surface area contributed by atoms with E-state index < -0.39 is 5.97 Å². The van der Waals surface area contributed by atoms with E-state index in [-0.39, 0.29) is 17.3 Å². The lowest BCUT2D eigenvalue weighted by atomic mass is 10.1. The summed E-state index contributed by atoms with van der Waals surface area (Å²) < 4.78 is 0. The van der Waals surface area contributed by atoms with Crippen LogP contribution < -0.4 is 0 Å². The molecule has 1 unspecified atom stereocenters. The lowest BCUT2D eigenvalue weighted by molar-refractivity contribution is -0.139.